The van der Waals surface area contributed by atoms with Crippen molar-refractivity contribution in [2.45, 2.75) is 38.6 Å². The molecule has 0 saturated carbocycles. The van der Waals surface area contributed by atoms with Crippen molar-refractivity contribution in [3.05, 3.63) is 46.8 Å². The van der Waals surface area contributed by atoms with Crippen molar-refractivity contribution in [3.63, 3.8) is 0 Å². The van der Waals surface area contributed by atoms with Gasteiger partial charge < -0.3 is 15.2 Å². The Morgan fingerprint density at radius 1 is 1.15 bits per heavy atom. The van der Waals surface area contributed by atoms with E-state index in [0.717, 1.165) is 6.07 Å². The molecule has 0 aliphatic carbocycles. The molecule has 1 unspecified atom stereocenters. The van der Waals surface area contributed by atoms with Crippen molar-refractivity contribution in [3.8, 4) is 0 Å². The number of alkyl halides is 1. The molecule has 3 rings (SSSR count). The minimum Gasteiger partial charge on any atom is -0.333 e. The zero-order valence-corrected chi connectivity index (χ0v) is 13.8. The summed E-state index contributed by atoms with van der Waals surface area (Å²) in [7, 11) is 0. The van der Waals surface area contributed by atoms with Gasteiger partial charge >= 0.3 is 0 Å². The van der Waals surface area contributed by atoms with Gasteiger partial charge in [-0.2, -0.15) is 0 Å². The molecule has 0 radical (unpaired) electrons. The van der Waals surface area contributed by atoms with Gasteiger partial charge in [0.15, 0.2) is 23.3 Å². The maximum Gasteiger partial charge on any atom is 0.224 e. The monoisotopic (exact) mass is 371 g/mol. The highest BCUT2D eigenvalue weighted by Crippen LogP contribution is 2.18. The number of hydrogen-bond acceptors (Lipinski definition) is 4. The molecule has 2 heterocycles. The summed E-state index contributed by atoms with van der Waals surface area (Å²) < 4.78 is 54.3. The molecule has 1 aliphatic heterocycles. The van der Waals surface area contributed by atoms with Crippen molar-refractivity contribution in [2.24, 2.45) is 5.73 Å². The van der Waals surface area contributed by atoms with Gasteiger partial charge in [-0.15, -0.1) is 10.2 Å². The quantitative estimate of drug-likeness (QED) is 0.638. The first-order valence-corrected chi connectivity index (χ1v) is 8.02. The first-order valence-electron chi connectivity index (χ1n) is 8.02. The molecule has 1 aromatic carbocycles. The summed E-state index contributed by atoms with van der Waals surface area (Å²) in [6.07, 6.45) is -0.201. The normalized spacial score (nSPS) is 15.0. The zero-order chi connectivity index (χ0) is 18.8. The van der Waals surface area contributed by atoms with Crippen LogP contribution in [0, 0.1) is 17.5 Å². The number of nitrogens with two attached hydrogens (primary N) is 1. The Morgan fingerprint density at radius 3 is 2.62 bits per heavy atom. The van der Waals surface area contributed by atoms with E-state index in [-0.39, 0.29) is 36.7 Å². The van der Waals surface area contributed by atoms with E-state index in [1.54, 1.807) is 4.57 Å². The molecule has 0 bridgehead atoms. The second kappa shape index (κ2) is 7.40. The predicted octanol–water partition coefficient (Wildman–Crippen LogP) is 1.47. The third-order valence-corrected chi connectivity index (χ3v) is 4.31. The van der Waals surface area contributed by atoms with Crippen molar-refractivity contribution < 1.29 is 22.4 Å². The number of nitrogens with zero attached hydrogens (tertiary/aromatic N) is 4. The third-order valence-electron chi connectivity index (χ3n) is 4.31. The second-order valence-electron chi connectivity index (χ2n) is 6.16. The summed E-state index contributed by atoms with van der Waals surface area (Å²) in [5, 5.41) is 7.58. The van der Waals surface area contributed by atoms with Crippen LogP contribution in [-0.2, 0) is 31.0 Å². The number of fused-ring (bicyclic) bond motifs is 1. The Hall–Kier alpha value is -2.49. The fourth-order valence-corrected chi connectivity index (χ4v) is 2.96. The molecule has 0 fully saturated rings. The number of carbonyl (C=O) groups excluding carboxylic acids is 1. The lowest BCUT2D eigenvalue weighted by Crippen LogP contribution is -2.41. The molecule has 2 N–H and O–H groups in total. The molecule has 1 aliphatic rings. The molecule has 0 spiro atoms. The molecular weight excluding hydrogens is 354 g/mol. The lowest BCUT2D eigenvalue weighted by Gasteiger charge is -2.28. The Kier molecular flexibility index (Phi) is 5.21. The summed E-state index contributed by atoms with van der Waals surface area (Å²) in [6, 6.07) is 0.443. The number of hydrogen-bond donors (Lipinski definition) is 1. The Morgan fingerprint density at radius 2 is 1.88 bits per heavy atom. The average molecular weight is 371 g/mol. The fraction of sp³-hybridized carbons (Fsp3) is 0.438. The van der Waals surface area contributed by atoms with Crippen LogP contribution in [0.3, 0.4) is 0 Å². The first kappa shape index (κ1) is 18.3. The summed E-state index contributed by atoms with van der Waals surface area (Å²) in [4.78, 5) is 13.9. The molecule has 26 heavy (non-hydrogen) atoms. The van der Waals surface area contributed by atoms with Crippen LogP contribution in [0.4, 0.5) is 17.6 Å². The molecule has 140 valence electrons. The largest absolute Gasteiger partial charge is 0.333 e. The molecule has 10 heteroatoms. The Bertz CT molecular complexity index is 825. The van der Waals surface area contributed by atoms with Crippen LogP contribution in [0.2, 0.25) is 0 Å². The average Bonchev–Trinajstić information content (AvgIpc) is 3.01. The standard InChI is InChI=1S/C16H17F4N5O/c17-7-14-22-23-15-8-24(1-2-25(14)15)16(26)5-10(21)3-9-4-12(19)13(20)6-11(9)18/h4,6,10H,1-3,5,7-8,21H2. The van der Waals surface area contributed by atoms with E-state index in [0.29, 0.717) is 25.0 Å². The van der Waals surface area contributed by atoms with E-state index in [1.165, 1.54) is 4.90 Å². The first-order chi connectivity index (χ1) is 12.4. The van der Waals surface area contributed by atoms with Crippen LogP contribution in [0.15, 0.2) is 12.1 Å². The minimum absolute atomic E-state index is 0.0878. The molecular formula is C16H17F4N5O. The van der Waals surface area contributed by atoms with Gasteiger partial charge in [-0.1, -0.05) is 0 Å². The second-order valence-corrected chi connectivity index (χ2v) is 6.16. The summed E-state index contributed by atoms with van der Waals surface area (Å²) in [5.74, 6) is -2.93. The van der Waals surface area contributed by atoms with Gasteiger partial charge in [0.05, 0.1) is 6.54 Å². The van der Waals surface area contributed by atoms with Crippen molar-refractivity contribution in [2.75, 3.05) is 6.54 Å². The highest BCUT2D eigenvalue weighted by atomic mass is 19.2. The highest BCUT2D eigenvalue weighted by Gasteiger charge is 2.25. The van der Waals surface area contributed by atoms with Crippen LogP contribution < -0.4 is 5.73 Å². The van der Waals surface area contributed by atoms with Gasteiger partial charge in [0.2, 0.25) is 5.91 Å². The number of amides is 1. The highest BCUT2D eigenvalue weighted by molar-refractivity contribution is 5.76. The maximum absolute atomic E-state index is 13.7. The van der Waals surface area contributed by atoms with Gasteiger partial charge in [0.1, 0.15) is 12.5 Å². The number of aromatic nitrogens is 3. The number of rotatable bonds is 5. The summed E-state index contributed by atoms with van der Waals surface area (Å²) in [5.41, 5.74) is 5.79. The molecule has 2 aromatic rings. The minimum atomic E-state index is -1.28. The van der Waals surface area contributed by atoms with Crippen LogP contribution in [0.5, 0.6) is 0 Å². The van der Waals surface area contributed by atoms with E-state index in [1.807, 2.05) is 0 Å². The number of carbonyl (C=O) groups is 1. The van der Waals surface area contributed by atoms with Gasteiger partial charge in [-0.3, -0.25) is 4.79 Å². The summed E-state index contributed by atoms with van der Waals surface area (Å²) in [6.45, 7) is 0.174. The van der Waals surface area contributed by atoms with Crippen LogP contribution in [0.25, 0.3) is 0 Å². The predicted molar refractivity (Wildman–Crippen MR) is 82.9 cm³/mol. The van der Waals surface area contributed by atoms with Crippen molar-refractivity contribution in [1.82, 2.24) is 19.7 Å². The fourth-order valence-electron chi connectivity index (χ4n) is 2.96. The van der Waals surface area contributed by atoms with Gasteiger partial charge in [-0.25, -0.2) is 17.6 Å². The SMILES string of the molecule is NC(CC(=O)N1CCn2c(CF)nnc2C1)Cc1cc(F)c(F)cc1F. The molecule has 0 saturated heterocycles. The molecule has 1 aromatic heterocycles. The van der Waals surface area contributed by atoms with Crippen LogP contribution >= 0.6 is 0 Å². The maximum atomic E-state index is 13.7. The van der Waals surface area contributed by atoms with Crippen molar-refractivity contribution >= 4 is 5.91 Å². The number of halogens is 4. The third kappa shape index (κ3) is 3.69. The van der Waals surface area contributed by atoms with Crippen LogP contribution in [0.1, 0.15) is 23.6 Å². The van der Waals surface area contributed by atoms with Gasteiger partial charge in [0, 0.05) is 31.6 Å². The van der Waals surface area contributed by atoms with Crippen molar-refractivity contribution in [1.29, 1.82) is 0 Å². The Balaban J connectivity index is 1.60. The van der Waals surface area contributed by atoms with E-state index in [4.69, 9.17) is 5.73 Å². The molecule has 6 nitrogen and oxygen atoms in total. The van der Waals surface area contributed by atoms with E-state index in [9.17, 15) is 22.4 Å². The van der Waals surface area contributed by atoms with E-state index >= 15 is 0 Å². The topological polar surface area (TPSA) is 77.0 Å². The van der Waals surface area contributed by atoms with Crippen LogP contribution in [-0.4, -0.2) is 38.2 Å². The molecule has 1 atom stereocenters. The zero-order valence-electron chi connectivity index (χ0n) is 13.8. The van der Waals surface area contributed by atoms with Gasteiger partial charge in [-0.05, 0) is 18.1 Å². The van der Waals surface area contributed by atoms with E-state index in [2.05, 4.69) is 10.2 Å². The molecule has 1 amide bonds. The smallest absolute Gasteiger partial charge is 0.224 e. The lowest BCUT2D eigenvalue weighted by atomic mass is 10.0. The Labute approximate surface area is 146 Å². The van der Waals surface area contributed by atoms with E-state index < -0.39 is 30.2 Å². The van der Waals surface area contributed by atoms with Gasteiger partial charge in [0.25, 0.3) is 0 Å². The lowest BCUT2D eigenvalue weighted by molar-refractivity contribution is -0.133. The number of benzene rings is 1. The summed E-state index contributed by atoms with van der Waals surface area (Å²) >= 11 is 0.